The minimum absolute atomic E-state index is 0.128. The van der Waals surface area contributed by atoms with Gasteiger partial charge in [-0.1, -0.05) is 0 Å². The van der Waals surface area contributed by atoms with Crippen molar-refractivity contribution < 1.29 is 4.79 Å². The lowest BCUT2D eigenvalue weighted by Gasteiger charge is -2.18. The molecule has 1 saturated heterocycles. The summed E-state index contributed by atoms with van der Waals surface area (Å²) in [5.41, 5.74) is 0. The Morgan fingerprint density at radius 3 is 3.25 bits per heavy atom. The Morgan fingerprint density at radius 1 is 1.75 bits per heavy atom. The van der Waals surface area contributed by atoms with Crippen molar-refractivity contribution in [2.45, 2.75) is 6.42 Å². The quantitative estimate of drug-likeness (QED) is 0.774. The van der Waals surface area contributed by atoms with Crippen molar-refractivity contribution in [2.24, 2.45) is 5.92 Å². The summed E-state index contributed by atoms with van der Waals surface area (Å²) in [6.07, 6.45) is 2.90. The van der Waals surface area contributed by atoms with E-state index in [2.05, 4.69) is 15.2 Å². The van der Waals surface area contributed by atoms with Crippen LogP contribution in [-0.4, -0.2) is 48.9 Å². The van der Waals surface area contributed by atoms with Crippen molar-refractivity contribution in [3.8, 4) is 0 Å². The van der Waals surface area contributed by atoms with Crippen molar-refractivity contribution in [3.63, 3.8) is 0 Å². The molecule has 1 atom stereocenters. The van der Waals surface area contributed by atoms with Crippen LogP contribution in [0.5, 0.6) is 0 Å². The maximum Gasteiger partial charge on any atom is 0.205 e. The van der Waals surface area contributed by atoms with Gasteiger partial charge < -0.3 is 5.32 Å². The van der Waals surface area contributed by atoms with Crippen LogP contribution in [0.1, 0.15) is 16.2 Å². The maximum atomic E-state index is 11.8. The normalized spacial score (nSPS) is 20.5. The Bertz CT molecular complexity index is 333. The molecule has 0 spiro atoms. The van der Waals surface area contributed by atoms with Gasteiger partial charge in [0.05, 0.1) is 6.54 Å². The number of likely N-dealkylation sites (N-methyl/N-ethyl adjacent to an activating group) is 1. The first kappa shape index (κ1) is 11.7. The molecule has 1 aliphatic rings. The van der Waals surface area contributed by atoms with Crippen molar-refractivity contribution >= 4 is 17.1 Å². The molecule has 88 valence electrons. The highest BCUT2D eigenvalue weighted by molar-refractivity contribution is 7.11. The van der Waals surface area contributed by atoms with Gasteiger partial charge in [-0.05, 0) is 32.5 Å². The largest absolute Gasteiger partial charge is 0.316 e. The fourth-order valence-corrected chi connectivity index (χ4v) is 2.62. The van der Waals surface area contributed by atoms with Crippen LogP contribution < -0.4 is 5.32 Å². The zero-order valence-corrected chi connectivity index (χ0v) is 10.3. The Hall–Kier alpha value is -0.780. The lowest BCUT2D eigenvalue weighted by molar-refractivity contribution is 0.0939. The number of Topliss-reactive ketones (excluding diaryl/α,β-unsaturated/α-hetero) is 1. The van der Waals surface area contributed by atoms with Gasteiger partial charge in [-0.3, -0.25) is 9.69 Å². The van der Waals surface area contributed by atoms with E-state index in [9.17, 15) is 4.79 Å². The van der Waals surface area contributed by atoms with Gasteiger partial charge in [0.1, 0.15) is 0 Å². The zero-order chi connectivity index (χ0) is 11.4. The predicted molar refractivity (Wildman–Crippen MR) is 64.9 cm³/mol. The molecule has 1 aromatic heterocycles. The van der Waals surface area contributed by atoms with Crippen LogP contribution in [0.15, 0.2) is 11.6 Å². The molecule has 0 amide bonds. The topological polar surface area (TPSA) is 45.2 Å². The Kier molecular flexibility index (Phi) is 4.04. The Balaban J connectivity index is 1.78. The van der Waals surface area contributed by atoms with E-state index in [1.54, 1.807) is 6.20 Å². The van der Waals surface area contributed by atoms with Gasteiger partial charge >= 0.3 is 0 Å². The molecule has 1 fully saturated rings. The lowest BCUT2D eigenvalue weighted by atomic mass is 10.1. The third-order valence-electron chi connectivity index (χ3n) is 2.82. The fraction of sp³-hybridized carbons (Fsp3) is 0.636. The number of carbonyl (C=O) groups excluding carboxylic acids is 1. The van der Waals surface area contributed by atoms with Crippen LogP contribution in [-0.2, 0) is 0 Å². The first-order valence-corrected chi connectivity index (χ1v) is 6.45. The van der Waals surface area contributed by atoms with Gasteiger partial charge in [0.25, 0.3) is 0 Å². The summed E-state index contributed by atoms with van der Waals surface area (Å²) in [7, 11) is 2.00. The molecule has 0 bridgehead atoms. The number of nitrogens with one attached hydrogen (secondary N) is 1. The maximum absolute atomic E-state index is 11.8. The average Bonchev–Trinajstić information content (AvgIpc) is 2.88. The average molecular weight is 239 g/mol. The molecule has 0 radical (unpaired) electrons. The Labute approximate surface area is 99.7 Å². The van der Waals surface area contributed by atoms with E-state index in [-0.39, 0.29) is 5.78 Å². The summed E-state index contributed by atoms with van der Waals surface area (Å²) < 4.78 is 0. The van der Waals surface area contributed by atoms with E-state index in [1.165, 1.54) is 17.8 Å². The van der Waals surface area contributed by atoms with Crippen LogP contribution in [0, 0.1) is 5.92 Å². The molecule has 1 N–H and O–H groups in total. The summed E-state index contributed by atoms with van der Waals surface area (Å²) in [5.74, 6) is 0.817. The monoisotopic (exact) mass is 239 g/mol. The third-order valence-corrected chi connectivity index (χ3v) is 3.63. The number of rotatable bonds is 5. The lowest BCUT2D eigenvalue weighted by Crippen LogP contribution is -2.31. The molecule has 1 aromatic rings. The number of thiazole rings is 1. The minimum Gasteiger partial charge on any atom is -0.316 e. The molecule has 0 saturated carbocycles. The SMILES string of the molecule is CN(CC(=O)c1nccs1)C[C@@H]1CCNC1. The molecule has 4 nitrogen and oxygen atoms in total. The van der Waals surface area contributed by atoms with Gasteiger partial charge in [0.2, 0.25) is 5.78 Å². The van der Waals surface area contributed by atoms with Crippen LogP contribution >= 0.6 is 11.3 Å². The van der Waals surface area contributed by atoms with Gasteiger partial charge in [-0.2, -0.15) is 0 Å². The molecule has 1 aliphatic heterocycles. The number of aromatic nitrogens is 1. The van der Waals surface area contributed by atoms with Crippen LogP contribution in [0.25, 0.3) is 0 Å². The molecule has 2 rings (SSSR count). The standard InChI is InChI=1S/C11H17N3OS/c1-14(7-9-2-3-12-6-9)8-10(15)11-13-4-5-16-11/h4-5,9,12H,2-3,6-8H2,1H3/t9-/m1/s1. The highest BCUT2D eigenvalue weighted by Gasteiger charge is 2.18. The second kappa shape index (κ2) is 5.52. The van der Waals surface area contributed by atoms with Gasteiger partial charge in [-0.15, -0.1) is 11.3 Å². The fourth-order valence-electron chi connectivity index (χ4n) is 2.05. The highest BCUT2D eigenvalue weighted by Crippen LogP contribution is 2.10. The third kappa shape index (κ3) is 3.10. The number of hydrogen-bond acceptors (Lipinski definition) is 5. The zero-order valence-electron chi connectivity index (χ0n) is 9.48. The van der Waals surface area contributed by atoms with Crippen molar-refractivity contribution in [1.29, 1.82) is 0 Å². The van der Waals surface area contributed by atoms with Crippen LogP contribution in [0.4, 0.5) is 0 Å². The van der Waals surface area contributed by atoms with Crippen LogP contribution in [0.2, 0.25) is 0 Å². The highest BCUT2D eigenvalue weighted by atomic mass is 32.1. The first-order chi connectivity index (χ1) is 7.75. The van der Waals surface area contributed by atoms with Crippen molar-refractivity contribution in [1.82, 2.24) is 15.2 Å². The number of carbonyl (C=O) groups is 1. The summed E-state index contributed by atoms with van der Waals surface area (Å²) in [6.45, 7) is 3.66. The molecule has 2 heterocycles. The van der Waals surface area contributed by atoms with Crippen LogP contribution in [0.3, 0.4) is 0 Å². The van der Waals surface area contributed by atoms with Gasteiger partial charge in [-0.25, -0.2) is 4.98 Å². The second-order valence-electron chi connectivity index (χ2n) is 4.32. The van der Waals surface area contributed by atoms with E-state index >= 15 is 0 Å². The number of nitrogens with zero attached hydrogens (tertiary/aromatic N) is 2. The van der Waals surface area contributed by atoms with E-state index in [0.717, 1.165) is 19.6 Å². The van der Waals surface area contributed by atoms with E-state index in [4.69, 9.17) is 0 Å². The molecular weight excluding hydrogens is 222 g/mol. The molecule has 0 unspecified atom stereocenters. The number of ketones is 1. The molecule has 16 heavy (non-hydrogen) atoms. The smallest absolute Gasteiger partial charge is 0.205 e. The van der Waals surface area contributed by atoms with Gasteiger partial charge in [0.15, 0.2) is 5.01 Å². The summed E-state index contributed by atoms with van der Waals surface area (Å²) in [6, 6.07) is 0. The number of hydrogen-bond donors (Lipinski definition) is 1. The van der Waals surface area contributed by atoms with E-state index in [0.29, 0.717) is 17.5 Å². The summed E-state index contributed by atoms with van der Waals surface area (Å²) in [5, 5.41) is 5.80. The second-order valence-corrected chi connectivity index (χ2v) is 5.21. The minimum atomic E-state index is 0.128. The first-order valence-electron chi connectivity index (χ1n) is 5.57. The molecule has 0 aromatic carbocycles. The molecular formula is C11H17N3OS. The van der Waals surface area contributed by atoms with E-state index < -0.39 is 0 Å². The molecule has 5 heteroatoms. The molecule has 0 aliphatic carbocycles. The summed E-state index contributed by atoms with van der Waals surface area (Å²) >= 11 is 1.42. The van der Waals surface area contributed by atoms with Crippen molar-refractivity contribution in [2.75, 3.05) is 33.2 Å². The summed E-state index contributed by atoms with van der Waals surface area (Å²) in [4.78, 5) is 17.9. The predicted octanol–water partition coefficient (Wildman–Crippen LogP) is 0.867. The van der Waals surface area contributed by atoms with Gasteiger partial charge in [0, 0.05) is 18.1 Å². The Morgan fingerprint density at radius 2 is 2.62 bits per heavy atom. The van der Waals surface area contributed by atoms with Crippen molar-refractivity contribution in [3.05, 3.63) is 16.6 Å². The van der Waals surface area contributed by atoms with E-state index in [1.807, 2.05) is 12.4 Å².